The highest BCUT2D eigenvalue weighted by Gasteiger charge is 2.22. The van der Waals surface area contributed by atoms with Crippen LogP contribution in [0.5, 0.6) is 0 Å². The zero-order valence-corrected chi connectivity index (χ0v) is 17.7. The Hall–Kier alpha value is -3.21. The Bertz CT molecular complexity index is 1110. The lowest BCUT2D eigenvalue weighted by molar-refractivity contribution is -0.130. The average Bonchev–Trinajstić information content (AvgIpc) is 3.22. The van der Waals surface area contributed by atoms with Gasteiger partial charge in [0, 0.05) is 34.9 Å². The first kappa shape index (κ1) is 20.1. The van der Waals surface area contributed by atoms with Crippen LogP contribution >= 0.6 is 15.9 Å². The van der Waals surface area contributed by atoms with Crippen LogP contribution in [0.2, 0.25) is 0 Å². The third kappa shape index (κ3) is 4.35. The summed E-state index contributed by atoms with van der Waals surface area (Å²) in [5.41, 5.74) is 3.29. The Balaban J connectivity index is 1.77. The van der Waals surface area contributed by atoms with Crippen LogP contribution in [0.4, 0.5) is 0 Å². The molecule has 0 radical (unpaired) electrons. The van der Waals surface area contributed by atoms with Gasteiger partial charge in [-0.3, -0.25) is 4.79 Å². The zero-order chi connectivity index (χ0) is 20.9. The van der Waals surface area contributed by atoms with E-state index in [1.165, 1.54) is 0 Å². The Labute approximate surface area is 183 Å². The fourth-order valence-electron chi connectivity index (χ4n) is 3.27. The van der Waals surface area contributed by atoms with Crippen LogP contribution < -0.4 is 0 Å². The summed E-state index contributed by atoms with van der Waals surface area (Å²) >= 11 is 3.45. The Morgan fingerprint density at radius 1 is 1.10 bits per heavy atom. The summed E-state index contributed by atoms with van der Waals surface area (Å²) in [5, 5.41) is 14.4. The molecule has 0 unspecified atom stereocenters. The highest BCUT2D eigenvalue weighted by atomic mass is 79.9. The standard InChI is InChI=1S/C23H19BrN4O2/c24-20-8-6-17(7-9-20)22-19(16-28(26-22)21-4-2-1-3-5-21)14-18(15-25)23(29)27-10-12-30-13-11-27/h1-9,14,16H,10-13H2/b18-14+. The molecule has 0 N–H and O–H groups in total. The summed E-state index contributed by atoms with van der Waals surface area (Å²) < 4.78 is 8.03. The molecule has 0 aliphatic carbocycles. The Kier molecular flexibility index (Phi) is 6.07. The van der Waals surface area contributed by atoms with E-state index in [1.54, 1.807) is 15.7 Å². The van der Waals surface area contributed by atoms with E-state index in [0.29, 0.717) is 37.6 Å². The molecule has 150 valence electrons. The third-order valence-corrected chi connectivity index (χ3v) is 5.36. The lowest BCUT2D eigenvalue weighted by Gasteiger charge is -2.26. The number of nitrogens with zero attached hydrogens (tertiary/aromatic N) is 4. The van der Waals surface area contributed by atoms with Crippen LogP contribution in [-0.4, -0.2) is 46.9 Å². The maximum Gasteiger partial charge on any atom is 0.264 e. The summed E-state index contributed by atoms with van der Waals surface area (Å²) in [5.74, 6) is -0.282. The number of aromatic nitrogens is 2. The molecular formula is C23H19BrN4O2. The molecule has 1 saturated heterocycles. The van der Waals surface area contributed by atoms with Gasteiger partial charge in [0.05, 0.1) is 24.6 Å². The van der Waals surface area contributed by atoms with Gasteiger partial charge in [0.25, 0.3) is 5.91 Å². The fraction of sp³-hybridized carbons (Fsp3) is 0.174. The normalized spacial score (nSPS) is 14.4. The second-order valence-corrected chi connectivity index (χ2v) is 7.71. The number of nitriles is 1. The first-order chi connectivity index (χ1) is 14.7. The number of para-hydroxylation sites is 1. The number of carbonyl (C=O) groups excluding carboxylic acids is 1. The second kappa shape index (κ2) is 9.08. The summed E-state index contributed by atoms with van der Waals surface area (Å²) in [4.78, 5) is 14.5. The second-order valence-electron chi connectivity index (χ2n) is 6.79. The molecule has 6 nitrogen and oxygen atoms in total. The Morgan fingerprint density at radius 2 is 1.80 bits per heavy atom. The van der Waals surface area contributed by atoms with Crippen LogP contribution in [-0.2, 0) is 9.53 Å². The molecule has 2 aromatic carbocycles. The molecule has 0 atom stereocenters. The number of rotatable bonds is 4. The van der Waals surface area contributed by atoms with Gasteiger partial charge in [0.15, 0.2) is 0 Å². The zero-order valence-electron chi connectivity index (χ0n) is 16.2. The van der Waals surface area contributed by atoms with Gasteiger partial charge in [-0.15, -0.1) is 0 Å². The lowest BCUT2D eigenvalue weighted by Crippen LogP contribution is -2.41. The van der Waals surface area contributed by atoms with Gasteiger partial charge in [-0.1, -0.05) is 46.3 Å². The van der Waals surface area contributed by atoms with E-state index in [9.17, 15) is 10.1 Å². The first-order valence-corrected chi connectivity index (χ1v) is 10.3. The molecule has 1 aliphatic heterocycles. The molecule has 1 aromatic heterocycles. The molecule has 1 fully saturated rings. The molecule has 0 spiro atoms. The number of hydrogen-bond donors (Lipinski definition) is 0. The van der Waals surface area contributed by atoms with Gasteiger partial charge in [0.2, 0.25) is 0 Å². The van der Waals surface area contributed by atoms with Crippen LogP contribution in [0, 0.1) is 11.3 Å². The van der Waals surface area contributed by atoms with E-state index >= 15 is 0 Å². The molecule has 0 bridgehead atoms. The van der Waals surface area contributed by atoms with Gasteiger partial charge in [-0.25, -0.2) is 4.68 Å². The van der Waals surface area contributed by atoms with E-state index in [0.717, 1.165) is 15.7 Å². The third-order valence-electron chi connectivity index (χ3n) is 4.83. The van der Waals surface area contributed by atoms with Gasteiger partial charge in [-0.05, 0) is 30.3 Å². The number of benzene rings is 2. The molecule has 1 aliphatic rings. The summed E-state index contributed by atoms with van der Waals surface area (Å²) in [6.07, 6.45) is 3.47. The first-order valence-electron chi connectivity index (χ1n) is 9.55. The highest BCUT2D eigenvalue weighted by Crippen LogP contribution is 2.27. The van der Waals surface area contributed by atoms with Crippen molar-refractivity contribution in [2.24, 2.45) is 0 Å². The van der Waals surface area contributed by atoms with Crippen LogP contribution in [0.1, 0.15) is 5.56 Å². The smallest absolute Gasteiger partial charge is 0.264 e. The van der Waals surface area contributed by atoms with E-state index in [1.807, 2.05) is 60.8 Å². The van der Waals surface area contributed by atoms with Gasteiger partial charge in [0.1, 0.15) is 11.6 Å². The van der Waals surface area contributed by atoms with Crippen molar-refractivity contribution in [3.05, 3.63) is 76.4 Å². The number of carbonyl (C=O) groups is 1. The average molecular weight is 463 g/mol. The van der Waals surface area contributed by atoms with Crippen molar-refractivity contribution in [1.82, 2.24) is 14.7 Å². The molecule has 1 amide bonds. The van der Waals surface area contributed by atoms with Crippen molar-refractivity contribution >= 4 is 27.9 Å². The molecular weight excluding hydrogens is 444 g/mol. The molecule has 4 rings (SSSR count). The maximum absolute atomic E-state index is 12.8. The van der Waals surface area contributed by atoms with Crippen molar-refractivity contribution < 1.29 is 9.53 Å². The van der Waals surface area contributed by atoms with Crippen molar-refractivity contribution in [1.29, 1.82) is 5.26 Å². The largest absolute Gasteiger partial charge is 0.378 e. The van der Waals surface area contributed by atoms with Crippen molar-refractivity contribution in [2.75, 3.05) is 26.3 Å². The van der Waals surface area contributed by atoms with E-state index in [4.69, 9.17) is 9.84 Å². The maximum atomic E-state index is 12.8. The summed E-state index contributed by atoms with van der Waals surface area (Å²) in [6, 6.07) is 19.6. The number of ether oxygens (including phenoxy) is 1. The number of morpholine rings is 1. The SMILES string of the molecule is N#C/C(=C\c1cn(-c2ccccc2)nc1-c1ccc(Br)cc1)C(=O)N1CCOCC1. The van der Waals surface area contributed by atoms with Crippen molar-refractivity contribution in [3.63, 3.8) is 0 Å². The predicted octanol–water partition coefficient (Wildman–Crippen LogP) is 4.07. The van der Waals surface area contributed by atoms with E-state index in [-0.39, 0.29) is 11.5 Å². The van der Waals surface area contributed by atoms with Gasteiger partial charge < -0.3 is 9.64 Å². The van der Waals surface area contributed by atoms with Crippen LogP contribution in [0.15, 0.2) is 70.8 Å². The topological polar surface area (TPSA) is 71.2 Å². The summed E-state index contributed by atoms with van der Waals surface area (Å²) in [7, 11) is 0. The molecule has 3 aromatic rings. The van der Waals surface area contributed by atoms with Crippen LogP contribution in [0.25, 0.3) is 23.0 Å². The van der Waals surface area contributed by atoms with Crippen molar-refractivity contribution in [3.8, 4) is 23.0 Å². The Morgan fingerprint density at radius 3 is 2.47 bits per heavy atom. The van der Waals surface area contributed by atoms with E-state index < -0.39 is 0 Å². The molecule has 0 saturated carbocycles. The fourth-order valence-corrected chi connectivity index (χ4v) is 3.54. The van der Waals surface area contributed by atoms with Gasteiger partial charge in [-0.2, -0.15) is 10.4 Å². The summed E-state index contributed by atoms with van der Waals surface area (Å²) in [6.45, 7) is 1.95. The van der Waals surface area contributed by atoms with E-state index in [2.05, 4.69) is 22.0 Å². The van der Waals surface area contributed by atoms with Crippen LogP contribution in [0.3, 0.4) is 0 Å². The predicted molar refractivity (Wildman–Crippen MR) is 118 cm³/mol. The lowest BCUT2D eigenvalue weighted by atomic mass is 10.1. The minimum Gasteiger partial charge on any atom is -0.378 e. The number of amides is 1. The minimum absolute atomic E-state index is 0.0860. The molecule has 7 heteroatoms. The minimum atomic E-state index is -0.282. The molecule has 30 heavy (non-hydrogen) atoms. The van der Waals surface area contributed by atoms with Gasteiger partial charge >= 0.3 is 0 Å². The number of halogens is 1. The number of hydrogen-bond acceptors (Lipinski definition) is 4. The van der Waals surface area contributed by atoms with Crippen molar-refractivity contribution in [2.45, 2.75) is 0 Å². The highest BCUT2D eigenvalue weighted by molar-refractivity contribution is 9.10. The quantitative estimate of drug-likeness (QED) is 0.432. The molecule has 2 heterocycles. The monoisotopic (exact) mass is 462 g/mol.